The molecule has 0 atom stereocenters. The average Bonchev–Trinajstić information content (AvgIpc) is 3.33. The molecule has 1 saturated heterocycles. The number of amides is 1. The summed E-state index contributed by atoms with van der Waals surface area (Å²) in [5.41, 5.74) is 3.23. The summed E-state index contributed by atoms with van der Waals surface area (Å²) in [6.07, 6.45) is 5.33. The van der Waals surface area contributed by atoms with Crippen LogP contribution in [0.15, 0.2) is 79.3 Å². The van der Waals surface area contributed by atoms with Gasteiger partial charge in [-0.1, -0.05) is 42.5 Å². The Kier molecular flexibility index (Phi) is 6.20. The van der Waals surface area contributed by atoms with Crippen molar-refractivity contribution in [3.63, 3.8) is 0 Å². The molecule has 172 valence electrons. The summed E-state index contributed by atoms with van der Waals surface area (Å²) >= 11 is 0. The van der Waals surface area contributed by atoms with Gasteiger partial charge in [-0.3, -0.25) is 9.48 Å². The molecule has 1 fully saturated rings. The van der Waals surface area contributed by atoms with Crippen LogP contribution in [-0.4, -0.2) is 63.8 Å². The number of carbonyl (C=O) groups is 1. The van der Waals surface area contributed by atoms with E-state index in [0.29, 0.717) is 49.9 Å². The molecule has 2 aromatic carbocycles. The van der Waals surface area contributed by atoms with Gasteiger partial charge >= 0.3 is 0 Å². The van der Waals surface area contributed by atoms with Crippen molar-refractivity contribution in [1.82, 2.24) is 24.6 Å². The quantitative estimate of drug-likeness (QED) is 0.445. The highest BCUT2D eigenvalue weighted by Gasteiger charge is 2.27. The van der Waals surface area contributed by atoms with Gasteiger partial charge in [-0.25, -0.2) is 9.97 Å². The molecule has 1 amide bonds. The second-order valence-electron chi connectivity index (χ2n) is 8.13. The Morgan fingerprint density at radius 1 is 0.941 bits per heavy atom. The fourth-order valence-corrected chi connectivity index (χ4v) is 4.15. The van der Waals surface area contributed by atoms with Crippen LogP contribution >= 0.6 is 0 Å². The zero-order valence-corrected chi connectivity index (χ0v) is 19.0. The Balaban J connectivity index is 1.41. The molecule has 4 aromatic rings. The number of benzene rings is 2. The van der Waals surface area contributed by atoms with E-state index in [1.165, 1.54) is 0 Å². The van der Waals surface area contributed by atoms with Crippen molar-refractivity contribution in [2.75, 3.05) is 38.2 Å². The minimum absolute atomic E-state index is 0.0224. The molecule has 0 spiro atoms. The van der Waals surface area contributed by atoms with E-state index in [-0.39, 0.29) is 5.91 Å². The van der Waals surface area contributed by atoms with E-state index in [1.54, 1.807) is 25.6 Å². The monoisotopic (exact) mass is 454 g/mol. The van der Waals surface area contributed by atoms with Crippen molar-refractivity contribution in [1.29, 1.82) is 0 Å². The maximum Gasteiger partial charge on any atom is 0.257 e. The van der Waals surface area contributed by atoms with Crippen molar-refractivity contribution in [3.8, 4) is 17.0 Å². The first-order valence-corrected chi connectivity index (χ1v) is 11.3. The highest BCUT2D eigenvalue weighted by molar-refractivity contribution is 6.00. The van der Waals surface area contributed by atoms with Gasteiger partial charge in [-0.2, -0.15) is 5.10 Å². The summed E-state index contributed by atoms with van der Waals surface area (Å²) < 4.78 is 7.24. The standard InChI is InChI=1S/C26H26N6O2/c1-34-22-10-5-9-21(17-22)24-23(19-32(29-24)18-20-7-3-2-4-8-20)25(33)30-13-15-31(16-14-30)26-27-11-6-12-28-26/h2-12,17,19H,13-16,18H2,1H3. The van der Waals surface area contributed by atoms with Crippen molar-refractivity contribution in [2.24, 2.45) is 0 Å². The largest absolute Gasteiger partial charge is 0.497 e. The third-order valence-corrected chi connectivity index (χ3v) is 5.92. The van der Waals surface area contributed by atoms with E-state index in [2.05, 4.69) is 27.0 Å². The number of ether oxygens (including phenoxy) is 1. The van der Waals surface area contributed by atoms with Crippen molar-refractivity contribution >= 4 is 11.9 Å². The predicted octanol–water partition coefficient (Wildman–Crippen LogP) is 3.36. The van der Waals surface area contributed by atoms with Gasteiger partial charge in [0.2, 0.25) is 5.95 Å². The first kappa shape index (κ1) is 21.6. The molecule has 0 unspecified atom stereocenters. The fourth-order valence-electron chi connectivity index (χ4n) is 4.15. The third kappa shape index (κ3) is 4.61. The lowest BCUT2D eigenvalue weighted by Crippen LogP contribution is -2.49. The Morgan fingerprint density at radius 2 is 1.71 bits per heavy atom. The molecule has 0 radical (unpaired) electrons. The Labute approximate surface area is 198 Å². The SMILES string of the molecule is COc1cccc(-c2nn(Cc3ccccc3)cc2C(=O)N2CCN(c3ncccn3)CC2)c1. The van der Waals surface area contributed by atoms with Gasteiger partial charge in [0.15, 0.2) is 0 Å². The summed E-state index contributed by atoms with van der Waals surface area (Å²) in [6, 6.07) is 19.6. The molecule has 0 bridgehead atoms. The minimum atomic E-state index is -0.0224. The molecule has 3 heterocycles. The van der Waals surface area contributed by atoms with Crippen LogP contribution in [-0.2, 0) is 6.54 Å². The van der Waals surface area contributed by atoms with Crippen molar-refractivity contribution in [2.45, 2.75) is 6.54 Å². The van der Waals surface area contributed by atoms with Gasteiger partial charge in [0.05, 0.1) is 19.2 Å². The van der Waals surface area contributed by atoms with E-state index < -0.39 is 0 Å². The van der Waals surface area contributed by atoms with E-state index in [4.69, 9.17) is 9.84 Å². The van der Waals surface area contributed by atoms with Gasteiger partial charge in [0.25, 0.3) is 5.91 Å². The molecule has 1 aliphatic heterocycles. The number of rotatable bonds is 6. The smallest absolute Gasteiger partial charge is 0.257 e. The summed E-state index contributed by atoms with van der Waals surface area (Å²) in [5, 5.41) is 4.81. The molecule has 1 aliphatic rings. The lowest BCUT2D eigenvalue weighted by molar-refractivity contribution is 0.0747. The summed E-state index contributed by atoms with van der Waals surface area (Å²) in [4.78, 5) is 26.3. The average molecular weight is 455 g/mol. The first-order chi connectivity index (χ1) is 16.7. The molecule has 8 heteroatoms. The van der Waals surface area contributed by atoms with Crippen LogP contribution in [0.1, 0.15) is 15.9 Å². The number of hydrogen-bond donors (Lipinski definition) is 0. The maximum absolute atomic E-state index is 13.6. The Hall–Kier alpha value is -4.20. The molecule has 0 aliphatic carbocycles. The third-order valence-electron chi connectivity index (χ3n) is 5.92. The van der Waals surface area contributed by atoms with Gasteiger partial charge in [-0.15, -0.1) is 0 Å². The highest BCUT2D eigenvalue weighted by Crippen LogP contribution is 2.27. The van der Waals surface area contributed by atoms with E-state index in [0.717, 1.165) is 16.9 Å². The number of anilines is 1. The zero-order valence-electron chi connectivity index (χ0n) is 19.0. The number of piperazine rings is 1. The van der Waals surface area contributed by atoms with E-state index in [1.807, 2.05) is 58.2 Å². The molecule has 0 saturated carbocycles. The molecule has 8 nitrogen and oxygen atoms in total. The van der Waals surface area contributed by atoms with Crippen LogP contribution in [0.25, 0.3) is 11.3 Å². The van der Waals surface area contributed by atoms with Gasteiger partial charge in [0.1, 0.15) is 11.4 Å². The van der Waals surface area contributed by atoms with Crippen LogP contribution < -0.4 is 9.64 Å². The van der Waals surface area contributed by atoms with Gasteiger partial charge < -0.3 is 14.5 Å². The Morgan fingerprint density at radius 3 is 2.44 bits per heavy atom. The molecule has 0 N–H and O–H groups in total. The summed E-state index contributed by atoms with van der Waals surface area (Å²) in [5.74, 6) is 1.40. The van der Waals surface area contributed by atoms with Crippen LogP contribution in [0.3, 0.4) is 0 Å². The zero-order chi connectivity index (χ0) is 23.3. The Bertz CT molecular complexity index is 1250. The predicted molar refractivity (Wildman–Crippen MR) is 130 cm³/mol. The fraction of sp³-hybridized carbons (Fsp3) is 0.231. The molecular weight excluding hydrogens is 428 g/mol. The normalized spacial score (nSPS) is 13.7. The number of hydrogen-bond acceptors (Lipinski definition) is 6. The molecule has 2 aromatic heterocycles. The number of nitrogens with zero attached hydrogens (tertiary/aromatic N) is 6. The second-order valence-corrected chi connectivity index (χ2v) is 8.13. The number of aromatic nitrogens is 4. The van der Waals surface area contributed by atoms with Crippen molar-refractivity contribution < 1.29 is 9.53 Å². The van der Waals surface area contributed by atoms with Crippen LogP contribution in [0, 0.1) is 0 Å². The second kappa shape index (κ2) is 9.74. The van der Waals surface area contributed by atoms with Gasteiger partial charge in [-0.05, 0) is 23.8 Å². The summed E-state index contributed by atoms with van der Waals surface area (Å²) in [6.45, 7) is 3.14. The number of carbonyl (C=O) groups excluding carboxylic acids is 1. The highest BCUT2D eigenvalue weighted by atomic mass is 16.5. The first-order valence-electron chi connectivity index (χ1n) is 11.3. The van der Waals surface area contributed by atoms with Crippen LogP contribution in [0.5, 0.6) is 5.75 Å². The maximum atomic E-state index is 13.6. The lowest BCUT2D eigenvalue weighted by atomic mass is 10.1. The van der Waals surface area contributed by atoms with E-state index in [9.17, 15) is 4.79 Å². The van der Waals surface area contributed by atoms with E-state index >= 15 is 0 Å². The lowest BCUT2D eigenvalue weighted by Gasteiger charge is -2.34. The van der Waals surface area contributed by atoms with Crippen LogP contribution in [0.4, 0.5) is 5.95 Å². The molecule has 34 heavy (non-hydrogen) atoms. The summed E-state index contributed by atoms with van der Waals surface area (Å²) in [7, 11) is 1.63. The molecule has 5 rings (SSSR count). The minimum Gasteiger partial charge on any atom is -0.497 e. The number of methoxy groups -OCH3 is 1. The topological polar surface area (TPSA) is 76.4 Å². The van der Waals surface area contributed by atoms with Gasteiger partial charge in [0, 0.05) is 50.3 Å². The van der Waals surface area contributed by atoms with Crippen LogP contribution in [0.2, 0.25) is 0 Å². The van der Waals surface area contributed by atoms with Crippen molar-refractivity contribution in [3.05, 3.63) is 90.4 Å². The molecular formula is C26H26N6O2.